The van der Waals surface area contributed by atoms with Gasteiger partial charge < -0.3 is 9.47 Å². The molecule has 0 saturated heterocycles. The number of methoxy groups -OCH3 is 1. The van der Waals surface area contributed by atoms with E-state index in [4.69, 9.17) is 9.47 Å². The highest BCUT2D eigenvalue weighted by atomic mass is 32.2. The van der Waals surface area contributed by atoms with Crippen LogP contribution in [-0.4, -0.2) is 36.0 Å². The van der Waals surface area contributed by atoms with E-state index in [9.17, 15) is 9.59 Å². The maximum absolute atomic E-state index is 13.2. The van der Waals surface area contributed by atoms with Crippen LogP contribution in [-0.2, 0) is 4.79 Å². The number of aromatic nitrogens is 3. The van der Waals surface area contributed by atoms with Gasteiger partial charge in [0.1, 0.15) is 0 Å². The zero-order valence-electron chi connectivity index (χ0n) is 18.4. The van der Waals surface area contributed by atoms with E-state index >= 15 is 0 Å². The third kappa shape index (κ3) is 3.62. The van der Waals surface area contributed by atoms with Gasteiger partial charge in [0.25, 0.3) is 6.17 Å². The molecule has 1 aliphatic heterocycles. The summed E-state index contributed by atoms with van der Waals surface area (Å²) in [6.07, 6.45) is 1.48. The molecule has 2 aromatic carbocycles. The third-order valence-electron chi connectivity index (χ3n) is 5.31. The molecule has 1 N–H and O–H groups in total. The number of amides is 1. The molecule has 3 aromatic rings. The van der Waals surface area contributed by atoms with Crippen LogP contribution in [0.2, 0.25) is 0 Å². The van der Waals surface area contributed by atoms with E-state index in [-0.39, 0.29) is 11.5 Å². The molecule has 32 heavy (non-hydrogen) atoms. The van der Waals surface area contributed by atoms with Crippen LogP contribution >= 0.6 is 11.8 Å². The third-order valence-corrected chi connectivity index (χ3v) is 5.88. The molecule has 0 fully saturated rings. The Kier molecular flexibility index (Phi) is 6.18. The number of nitrogens with one attached hydrogen (secondary N) is 1. The lowest BCUT2D eigenvalue weighted by molar-refractivity contribution is -0.763. The van der Waals surface area contributed by atoms with Gasteiger partial charge in [-0.3, -0.25) is 14.6 Å². The van der Waals surface area contributed by atoms with E-state index in [1.807, 2.05) is 62.6 Å². The molecule has 1 unspecified atom stereocenters. The van der Waals surface area contributed by atoms with E-state index in [1.165, 1.54) is 11.8 Å². The first-order valence-corrected chi connectivity index (χ1v) is 11.6. The number of ether oxygens (including phenoxy) is 2. The van der Waals surface area contributed by atoms with Gasteiger partial charge in [0.2, 0.25) is 11.1 Å². The minimum Gasteiger partial charge on any atom is -0.493 e. The summed E-state index contributed by atoms with van der Waals surface area (Å²) in [7, 11) is 1.57. The molecule has 0 saturated carbocycles. The van der Waals surface area contributed by atoms with Crippen molar-refractivity contribution in [3.8, 4) is 22.8 Å². The van der Waals surface area contributed by atoms with Gasteiger partial charge in [-0.1, -0.05) is 30.8 Å². The Hall–Kier alpha value is -3.33. The van der Waals surface area contributed by atoms with Crippen molar-refractivity contribution in [2.45, 2.75) is 31.6 Å². The van der Waals surface area contributed by atoms with E-state index in [0.717, 1.165) is 5.56 Å². The van der Waals surface area contributed by atoms with Crippen molar-refractivity contribution in [2.24, 2.45) is 0 Å². The molecule has 1 amide bonds. The molecule has 0 aliphatic carbocycles. The number of carbonyl (C=O) groups excluding carboxylic acids is 1. The average molecular weight is 454 g/mol. The van der Waals surface area contributed by atoms with Crippen molar-refractivity contribution in [3.05, 3.63) is 58.4 Å². The minimum atomic E-state index is -0.662. The van der Waals surface area contributed by atoms with Gasteiger partial charge in [-0.2, -0.15) is 0 Å². The fraction of sp³-hybridized carbons (Fsp3) is 0.304. The molecular weight excluding hydrogens is 428 g/mol. The van der Waals surface area contributed by atoms with Gasteiger partial charge in [0, 0.05) is 17.1 Å². The number of carbonyl (C=O) groups is 1. The molecule has 1 atom stereocenters. The Labute approximate surface area is 190 Å². The normalized spacial score (nSPS) is 14.5. The SMILES string of the molecule is CCOc1ccc(C2N(C(=O)CC)c3ccccc3-c3c(=O)[nH]c(SC)n[n+]32)cc1OC. The maximum atomic E-state index is 13.2. The van der Waals surface area contributed by atoms with Crippen LogP contribution in [0.5, 0.6) is 11.5 Å². The Balaban J connectivity index is 2.03. The van der Waals surface area contributed by atoms with E-state index < -0.39 is 6.17 Å². The van der Waals surface area contributed by atoms with Crippen molar-refractivity contribution >= 4 is 23.4 Å². The zero-order valence-corrected chi connectivity index (χ0v) is 19.2. The molecule has 4 rings (SSSR count). The molecule has 0 radical (unpaired) electrons. The van der Waals surface area contributed by atoms with E-state index in [0.29, 0.717) is 46.6 Å². The van der Waals surface area contributed by atoms with Gasteiger partial charge >= 0.3 is 11.3 Å². The molecule has 1 aliphatic rings. The van der Waals surface area contributed by atoms with Crippen LogP contribution in [0.1, 0.15) is 32.0 Å². The number of hydrogen-bond acceptors (Lipinski definition) is 6. The van der Waals surface area contributed by atoms with Gasteiger partial charge in [-0.05, 0) is 48.2 Å². The van der Waals surface area contributed by atoms with Crippen LogP contribution < -0.4 is 24.6 Å². The fourth-order valence-corrected chi connectivity index (χ4v) is 4.29. The van der Waals surface area contributed by atoms with Crippen LogP contribution in [0.4, 0.5) is 5.69 Å². The largest absolute Gasteiger partial charge is 0.493 e. The van der Waals surface area contributed by atoms with Crippen LogP contribution in [0.3, 0.4) is 0 Å². The number of hydrogen-bond donors (Lipinski definition) is 1. The zero-order chi connectivity index (χ0) is 22.8. The molecule has 9 heteroatoms. The first-order chi connectivity index (χ1) is 15.5. The van der Waals surface area contributed by atoms with Crippen molar-refractivity contribution in [1.29, 1.82) is 0 Å². The Morgan fingerprint density at radius 3 is 2.69 bits per heavy atom. The lowest BCUT2D eigenvalue weighted by Crippen LogP contribution is -2.60. The molecule has 2 heterocycles. The Morgan fingerprint density at radius 2 is 2.00 bits per heavy atom. The van der Waals surface area contributed by atoms with Crippen molar-refractivity contribution in [3.63, 3.8) is 0 Å². The monoisotopic (exact) mass is 453 g/mol. The van der Waals surface area contributed by atoms with Crippen molar-refractivity contribution in [1.82, 2.24) is 10.1 Å². The lowest BCUT2D eigenvalue weighted by atomic mass is 10.0. The predicted molar refractivity (Wildman–Crippen MR) is 122 cm³/mol. The first-order valence-electron chi connectivity index (χ1n) is 10.4. The van der Waals surface area contributed by atoms with Crippen molar-refractivity contribution < 1.29 is 19.0 Å². The Morgan fingerprint density at radius 1 is 1.22 bits per heavy atom. The summed E-state index contributed by atoms with van der Waals surface area (Å²) >= 11 is 1.33. The lowest BCUT2D eigenvalue weighted by Gasteiger charge is -2.32. The number of para-hydroxylation sites is 1. The van der Waals surface area contributed by atoms with Crippen LogP contribution in [0.15, 0.2) is 52.4 Å². The number of fused-ring (bicyclic) bond motifs is 3. The second-order valence-corrected chi connectivity index (χ2v) is 7.90. The summed E-state index contributed by atoms with van der Waals surface area (Å²) in [5.41, 5.74) is 2.21. The molecule has 1 aromatic heterocycles. The van der Waals surface area contributed by atoms with Gasteiger partial charge in [-0.15, -0.1) is 0 Å². The minimum absolute atomic E-state index is 0.0822. The summed E-state index contributed by atoms with van der Waals surface area (Å²) in [5.74, 6) is 1.07. The van der Waals surface area contributed by atoms with Crippen LogP contribution in [0, 0.1) is 0 Å². The second kappa shape index (κ2) is 9.04. The van der Waals surface area contributed by atoms with E-state index in [2.05, 4.69) is 10.1 Å². The van der Waals surface area contributed by atoms with Gasteiger partial charge in [0.15, 0.2) is 11.5 Å². The summed E-state index contributed by atoms with van der Waals surface area (Å²) in [4.78, 5) is 30.9. The number of thioether (sulfide) groups is 1. The molecular formula is C23H25N4O4S+. The molecule has 0 spiro atoms. The van der Waals surface area contributed by atoms with Crippen molar-refractivity contribution in [2.75, 3.05) is 24.9 Å². The topological polar surface area (TPSA) is 88.4 Å². The average Bonchev–Trinajstić information content (AvgIpc) is 2.82. The molecule has 0 bridgehead atoms. The fourth-order valence-electron chi connectivity index (χ4n) is 3.92. The quantitative estimate of drug-likeness (QED) is 0.456. The number of H-pyrrole nitrogens is 1. The number of nitrogens with zero attached hydrogens (tertiary/aromatic N) is 3. The summed E-state index contributed by atoms with van der Waals surface area (Å²) in [6.45, 7) is 4.22. The summed E-state index contributed by atoms with van der Waals surface area (Å²) < 4.78 is 12.8. The van der Waals surface area contributed by atoms with E-state index in [1.54, 1.807) is 16.7 Å². The van der Waals surface area contributed by atoms with Gasteiger partial charge in [-0.25, -0.2) is 4.90 Å². The number of aromatic amines is 1. The second-order valence-electron chi connectivity index (χ2n) is 7.11. The predicted octanol–water partition coefficient (Wildman–Crippen LogP) is 3.16. The number of benzene rings is 2. The summed E-state index contributed by atoms with van der Waals surface area (Å²) in [6, 6.07) is 12.9. The first kappa shape index (κ1) is 21.9. The number of rotatable bonds is 6. The highest BCUT2D eigenvalue weighted by Crippen LogP contribution is 2.39. The molecule has 166 valence electrons. The molecule has 8 nitrogen and oxygen atoms in total. The van der Waals surface area contributed by atoms with Crippen LogP contribution in [0.25, 0.3) is 11.3 Å². The summed E-state index contributed by atoms with van der Waals surface area (Å²) in [5, 5.41) is 5.15. The maximum Gasteiger partial charge on any atom is 0.325 e. The highest BCUT2D eigenvalue weighted by Gasteiger charge is 2.45. The number of anilines is 1. The highest BCUT2D eigenvalue weighted by molar-refractivity contribution is 7.98. The Bertz CT molecular complexity index is 1230. The smallest absolute Gasteiger partial charge is 0.325 e. The van der Waals surface area contributed by atoms with Gasteiger partial charge in [0.05, 0.1) is 25.0 Å². The standard InChI is InChI=1S/C23H24N4O4S/c1-5-19(28)26-16-10-8-7-9-15(16)20-21(29)24-23(32-4)25-27(20)22(26)14-11-12-17(31-6-2)18(13-14)30-3/h7-13,22H,5-6H2,1-4H3/p+1.